The van der Waals surface area contributed by atoms with Gasteiger partial charge in [0.25, 0.3) is 0 Å². The molecule has 3 aromatic heterocycles. The summed E-state index contributed by atoms with van der Waals surface area (Å²) in [6.07, 6.45) is 5.06. The first-order chi connectivity index (χ1) is 17.0. The number of nitrogens with zero attached hydrogens (tertiary/aromatic N) is 5. The zero-order valence-corrected chi connectivity index (χ0v) is 19.6. The number of carbonyl (C=O) groups excluding carboxylic acids is 1. The Kier molecular flexibility index (Phi) is 4.88. The first kappa shape index (κ1) is 21.1. The fourth-order valence-corrected chi connectivity index (χ4v) is 4.95. The van der Waals surface area contributed by atoms with Gasteiger partial charge in [0, 0.05) is 44.0 Å². The summed E-state index contributed by atoms with van der Waals surface area (Å²) in [5.41, 5.74) is 7.11. The molecule has 0 atom stereocenters. The van der Waals surface area contributed by atoms with Crippen molar-refractivity contribution in [1.82, 2.24) is 24.4 Å². The molecule has 0 aliphatic carbocycles. The van der Waals surface area contributed by atoms with E-state index in [1.165, 1.54) is 6.08 Å². The highest BCUT2D eigenvalue weighted by atomic mass is 16.5. The van der Waals surface area contributed by atoms with Crippen molar-refractivity contribution in [1.29, 1.82) is 0 Å². The van der Waals surface area contributed by atoms with Gasteiger partial charge in [-0.05, 0) is 47.9 Å². The van der Waals surface area contributed by atoms with Crippen molar-refractivity contribution in [2.24, 2.45) is 7.05 Å². The van der Waals surface area contributed by atoms with E-state index in [1.807, 2.05) is 44.3 Å². The molecule has 174 valence electrons. The summed E-state index contributed by atoms with van der Waals surface area (Å²) in [5, 5.41) is 4.46. The van der Waals surface area contributed by atoms with Crippen LogP contribution < -0.4 is 10.1 Å². The molecule has 0 bridgehead atoms. The molecule has 5 heterocycles. The van der Waals surface area contributed by atoms with Crippen LogP contribution in [0.1, 0.15) is 17.0 Å². The van der Waals surface area contributed by atoms with E-state index in [9.17, 15) is 4.79 Å². The quantitative estimate of drug-likeness (QED) is 0.449. The van der Waals surface area contributed by atoms with E-state index in [1.54, 1.807) is 11.2 Å². The Morgan fingerprint density at radius 1 is 1.23 bits per heavy atom. The van der Waals surface area contributed by atoms with E-state index in [0.717, 1.165) is 56.3 Å². The van der Waals surface area contributed by atoms with Crippen LogP contribution in [0.25, 0.3) is 27.7 Å². The van der Waals surface area contributed by atoms with E-state index >= 15 is 0 Å². The minimum atomic E-state index is -0.0741. The van der Waals surface area contributed by atoms with E-state index in [0.29, 0.717) is 25.5 Å². The van der Waals surface area contributed by atoms with Crippen LogP contribution in [0, 0.1) is 6.92 Å². The molecule has 4 aromatic rings. The molecule has 1 N–H and O–H groups in total. The lowest BCUT2D eigenvalue weighted by molar-refractivity contribution is -0.124. The molecule has 8 nitrogen and oxygen atoms in total. The van der Waals surface area contributed by atoms with Crippen LogP contribution in [0.15, 0.2) is 61.5 Å². The molecule has 1 amide bonds. The van der Waals surface area contributed by atoms with Crippen LogP contribution in [-0.2, 0) is 18.4 Å². The Labute approximate surface area is 202 Å². The van der Waals surface area contributed by atoms with Crippen molar-refractivity contribution in [3.05, 3.63) is 78.4 Å². The van der Waals surface area contributed by atoms with Crippen molar-refractivity contribution in [2.45, 2.75) is 13.5 Å². The number of hydrogen-bond donors (Lipinski definition) is 1. The van der Waals surface area contributed by atoms with Crippen LogP contribution in [0.3, 0.4) is 0 Å². The first-order valence-corrected chi connectivity index (χ1v) is 11.5. The maximum absolute atomic E-state index is 12.2. The fraction of sp³-hybridized carbons (Fsp3) is 0.185. The molecule has 0 spiro atoms. The average molecular weight is 465 g/mol. The first-order valence-electron chi connectivity index (χ1n) is 11.5. The van der Waals surface area contributed by atoms with Gasteiger partial charge in [0.05, 0.1) is 11.1 Å². The molecule has 0 unspecified atom stereocenters. The summed E-state index contributed by atoms with van der Waals surface area (Å²) in [6, 6.07) is 11.8. The molecule has 2 aliphatic rings. The fourth-order valence-electron chi connectivity index (χ4n) is 4.95. The minimum Gasteiger partial charge on any atom is -0.439 e. The smallest absolute Gasteiger partial charge is 0.246 e. The number of fused-ring (bicyclic) bond motifs is 2. The van der Waals surface area contributed by atoms with Gasteiger partial charge in [-0.25, -0.2) is 15.0 Å². The largest absolute Gasteiger partial charge is 0.439 e. The molecule has 8 heteroatoms. The predicted molar refractivity (Wildman–Crippen MR) is 135 cm³/mol. The SMILES string of the molecule is C=CC(=O)N1CC=C(c2c3c4c(ncnc4n2C)NCc2cc(Oc4cccc(C)n4)ccc2-3)C1. The predicted octanol–water partition coefficient (Wildman–Crippen LogP) is 4.47. The summed E-state index contributed by atoms with van der Waals surface area (Å²) in [5.74, 6) is 2.00. The molecule has 2 aliphatic heterocycles. The molecule has 1 aromatic carbocycles. The lowest BCUT2D eigenvalue weighted by Crippen LogP contribution is -2.26. The van der Waals surface area contributed by atoms with Gasteiger partial charge in [-0.15, -0.1) is 0 Å². The molecule has 0 saturated carbocycles. The summed E-state index contributed by atoms with van der Waals surface area (Å²) < 4.78 is 8.17. The Bertz CT molecular complexity index is 1550. The maximum Gasteiger partial charge on any atom is 0.246 e. The van der Waals surface area contributed by atoms with Gasteiger partial charge >= 0.3 is 0 Å². The zero-order valence-electron chi connectivity index (χ0n) is 19.6. The number of benzene rings is 1. The lowest BCUT2D eigenvalue weighted by atomic mass is 9.95. The normalized spacial score (nSPS) is 14.2. The topological polar surface area (TPSA) is 85.2 Å². The third-order valence-electron chi connectivity index (χ3n) is 6.55. The van der Waals surface area contributed by atoms with Crippen molar-refractivity contribution < 1.29 is 9.53 Å². The van der Waals surface area contributed by atoms with Crippen LogP contribution >= 0.6 is 0 Å². The Hall–Kier alpha value is -4.46. The van der Waals surface area contributed by atoms with Crippen LogP contribution in [0.2, 0.25) is 0 Å². The number of pyridine rings is 1. The zero-order chi connectivity index (χ0) is 24.1. The number of rotatable bonds is 4. The summed E-state index contributed by atoms with van der Waals surface area (Å²) in [7, 11) is 2.01. The second kappa shape index (κ2) is 8.09. The second-order valence-electron chi connectivity index (χ2n) is 8.75. The number of carbonyl (C=O) groups is 1. The maximum atomic E-state index is 12.2. The Morgan fingerprint density at radius 3 is 2.94 bits per heavy atom. The molecule has 0 radical (unpaired) electrons. The van der Waals surface area contributed by atoms with Gasteiger partial charge in [-0.1, -0.05) is 24.8 Å². The number of hydrogen-bond acceptors (Lipinski definition) is 6. The lowest BCUT2D eigenvalue weighted by Gasteiger charge is -2.16. The van der Waals surface area contributed by atoms with Crippen molar-refractivity contribution in [2.75, 3.05) is 18.4 Å². The molecule has 0 fully saturated rings. The summed E-state index contributed by atoms with van der Waals surface area (Å²) in [4.78, 5) is 27.6. The van der Waals surface area contributed by atoms with E-state index in [-0.39, 0.29) is 5.91 Å². The van der Waals surface area contributed by atoms with Gasteiger partial charge in [0.2, 0.25) is 11.8 Å². The second-order valence-corrected chi connectivity index (χ2v) is 8.75. The molecule has 0 saturated heterocycles. The third kappa shape index (κ3) is 3.45. The van der Waals surface area contributed by atoms with Crippen LogP contribution in [-0.4, -0.2) is 43.4 Å². The monoisotopic (exact) mass is 464 g/mol. The highest BCUT2D eigenvalue weighted by molar-refractivity contribution is 6.08. The van der Waals surface area contributed by atoms with Gasteiger partial charge in [0.15, 0.2) is 0 Å². The highest BCUT2D eigenvalue weighted by Crippen LogP contribution is 2.45. The number of ether oxygens (including phenoxy) is 1. The summed E-state index contributed by atoms with van der Waals surface area (Å²) in [6.45, 7) is 7.25. The van der Waals surface area contributed by atoms with Crippen molar-refractivity contribution in [3.8, 4) is 22.8 Å². The Balaban J connectivity index is 1.48. The van der Waals surface area contributed by atoms with Gasteiger partial charge in [-0.2, -0.15) is 0 Å². The highest BCUT2D eigenvalue weighted by Gasteiger charge is 2.30. The minimum absolute atomic E-state index is 0.0741. The number of nitrogens with one attached hydrogen (secondary N) is 1. The number of amides is 1. The van der Waals surface area contributed by atoms with Crippen molar-refractivity contribution >= 4 is 28.3 Å². The molecule has 6 rings (SSSR count). The van der Waals surface area contributed by atoms with E-state index in [4.69, 9.17) is 4.74 Å². The van der Waals surface area contributed by atoms with Gasteiger partial charge in [-0.3, -0.25) is 4.79 Å². The molecular weight excluding hydrogens is 440 g/mol. The Morgan fingerprint density at radius 2 is 2.11 bits per heavy atom. The number of aryl methyl sites for hydroxylation is 2. The third-order valence-corrected chi connectivity index (χ3v) is 6.55. The average Bonchev–Trinajstić information content (AvgIpc) is 3.41. The standard InChI is InChI=1S/C27H24N6O2/c1-4-22(34)33-11-10-17(14-33)25-23-20-9-8-19(35-21-7-5-6-16(2)31-21)12-18(20)13-28-26-24(23)27(32(25)3)30-15-29-26/h4-10,12,15H,1,11,13-14H2,2-3H3,(H,28,29,30). The van der Waals surface area contributed by atoms with Crippen LogP contribution in [0.4, 0.5) is 5.82 Å². The van der Waals surface area contributed by atoms with Crippen LogP contribution in [0.5, 0.6) is 11.6 Å². The number of anilines is 1. The van der Waals surface area contributed by atoms with Gasteiger partial charge < -0.3 is 19.5 Å². The van der Waals surface area contributed by atoms with E-state index in [2.05, 4.69) is 43.6 Å². The molecular formula is C27H24N6O2. The van der Waals surface area contributed by atoms with Gasteiger partial charge in [0.1, 0.15) is 23.5 Å². The summed E-state index contributed by atoms with van der Waals surface area (Å²) >= 11 is 0. The number of aromatic nitrogens is 4. The van der Waals surface area contributed by atoms with E-state index < -0.39 is 0 Å². The van der Waals surface area contributed by atoms with Crippen molar-refractivity contribution in [3.63, 3.8) is 0 Å². The molecule has 35 heavy (non-hydrogen) atoms.